The highest BCUT2D eigenvalue weighted by Crippen LogP contribution is 2.28. The normalized spacial score (nSPS) is 15.1. The third-order valence-corrected chi connectivity index (χ3v) is 5.69. The monoisotopic (exact) mass is 344 g/mol. The quantitative estimate of drug-likeness (QED) is 0.684. The van der Waals surface area contributed by atoms with Crippen molar-refractivity contribution in [2.45, 2.75) is 52.1 Å². The first-order valence-electron chi connectivity index (χ1n) is 9.68. The Morgan fingerprint density at radius 1 is 0.846 bits per heavy atom. The van der Waals surface area contributed by atoms with Gasteiger partial charge < -0.3 is 4.74 Å². The highest BCUT2D eigenvalue weighted by Gasteiger charge is 2.15. The summed E-state index contributed by atoms with van der Waals surface area (Å²) in [6.45, 7) is 2.58. The van der Waals surface area contributed by atoms with Gasteiger partial charge in [0, 0.05) is 0 Å². The Morgan fingerprint density at radius 3 is 2.35 bits per heavy atom. The van der Waals surface area contributed by atoms with Crippen LogP contribution in [0.5, 0.6) is 5.75 Å². The molecule has 0 atom stereocenters. The number of hydrogen-bond acceptors (Lipinski definition) is 2. The number of ether oxygens (including phenoxy) is 1. The Morgan fingerprint density at radius 2 is 1.54 bits per heavy atom. The standard InChI is InChI=1S/C23H24N2O/c1-16-12-22(15-26-23-11-9-18-5-3-7-20(18)14-23)25(24-16)21-10-8-17-4-2-6-19(17)13-21/h8-14H,2-7,15H2,1H3. The molecular weight excluding hydrogens is 320 g/mol. The van der Waals surface area contributed by atoms with E-state index in [0.717, 1.165) is 22.8 Å². The molecule has 132 valence electrons. The molecule has 26 heavy (non-hydrogen) atoms. The summed E-state index contributed by atoms with van der Waals surface area (Å²) in [5.41, 5.74) is 9.17. The molecule has 3 nitrogen and oxygen atoms in total. The molecular formula is C23H24N2O. The molecule has 0 saturated carbocycles. The molecule has 3 aromatic rings. The third kappa shape index (κ3) is 2.82. The van der Waals surface area contributed by atoms with Crippen molar-refractivity contribution in [3.05, 3.63) is 76.1 Å². The molecule has 2 aromatic carbocycles. The van der Waals surface area contributed by atoms with Crippen LogP contribution in [0.2, 0.25) is 0 Å². The Balaban J connectivity index is 1.40. The first kappa shape index (κ1) is 15.7. The fourth-order valence-corrected chi connectivity index (χ4v) is 4.36. The second-order valence-electron chi connectivity index (χ2n) is 7.57. The van der Waals surface area contributed by atoms with Crippen LogP contribution in [0.25, 0.3) is 5.69 Å². The van der Waals surface area contributed by atoms with Crippen LogP contribution >= 0.6 is 0 Å². The molecule has 3 heteroatoms. The van der Waals surface area contributed by atoms with E-state index in [9.17, 15) is 0 Å². The summed E-state index contributed by atoms with van der Waals surface area (Å²) >= 11 is 0. The molecule has 0 amide bonds. The van der Waals surface area contributed by atoms with Gasteiger partial charge in [-0.05, 0) is 98.0 Å². The molecule has 0 bridgehead atoms. The van der Waals surface area contributed by atoms with Crippen molar-refractivity contribution >= 4 is 0 Å². The van der Waals surface area contributed by atoms with E-state index >= 15 is 0 Å². The van der Waals surface area contributed by atoms with Crippen molar-refractivity contribution < 1.29 is 4.74 Å². The van der Waals surface area contributed by atoms with Crippen LogP contribution in [-0.2, 0) is 32.3 Å². The van der Waals surface area contributed by atoms with Gasteiger partial charge in [-0.15, -0.1) is 0 Å². The SMILES string of the molecule is Cc1cc(COc2ccc3c(c2)CCC3)n(-c2ccc3c(c2)CCC3)n1. The zero-order valence-corrected chi connectivity index (χ0v) is 15.3. The Bertz CT molecular complexity index is 970. The third-order valence-electron chi connectivity index (χ3n) is 5.69. The molecule has 0 N–H and O–H groups in total. The lowest BCUT2D eigenvalue weighted by molar-refractivity contribution is 0.297. The molecule has 2 aliphatic rings. The fraction of sp³-hybridized carbons (Fsp3) is 0.348. The van der Waals surface area contributed by atoms with Gasteiger partial charge in [0.15, 0.2) is 0 Å². The van der Waals surface area contributed by atoms with Crippen LogP contribution in [0.1, 0.15) is 46.5 Å². The Kier molecular flexibility index (Phi) is 3.81. The lowest BCUT2D eigenvalue weighted by Gasteiger charge is -2.11. The van der Waals surface area contributed by atoms with Gasteiger partial charge in [-0.2, -0.15) is 5.10 Å². The van der Waals surface area contributed by atoms with Crippen molar-refractivity contribution in [2.24, 2.45) is 0 Å². The summed E-state index contributed by atoms with van der Waals surface area (Å²) in [6.07, 6.45) is 7.32. The van der Waals surface area contributed by atoms with E-state index in [1.54, 1.807) is 0 Å². The number of hydrogen-bond donors (Lipinski definition) is 0. The number of aromatic nitrogens is 2. The van der Waals surface area contributed by atoms with E-state index in [0.29, 0.717) is 6.61 Å². The molecule has 5 rings (SSSR count). The summed E-state index contributed by atoms with van der Waals surface area (Å²) < 4.78 is 8.17. The molecule has 0 fully saturated rings. The molecule has 2 aliphatic carbocycles. The zero-order valence-electron chi connectivity index (χ0n) is 15.3. The second kappa shape index (κ2) is 6.31. The minimum Gasteiger partial charge on any atom is -0.487 e. The molecule has 1 aromatic heterocycles. The fourth-order valence-electron chi connectivity index (χ4n) is 4.36. The first-order chi connectivity index (χ1) is 12.8. The lowest BCUT2D eigenvalue weighted by Crippen LogP contribution is -2.06. The summed E-state index contributed by atoms with van der Waals surface area (Å²) in [4.78, 5) is 0. The van der Waals surface area contributed by atoms with Gasteiger partial charge >= 0.3 is 0 Å². The number of fused-ring (bicyclic) bond motifs is 2. The van der Waals surface area contributed by atoms with Gasteiger partial charge in [0.1, 0.15) is 12.4 Å². The predicted molar refractivity (Wildman–Crippen MR) is 103 cm³/mol. The minimum absolute atomic E-state index is 0.538. The summed E-state index contributed by atoms with van der Waals surface area (Å²) in [7, 11) is 0. The molecule has 0 spiro atoms. The minimum atomic E-state index is 0.538. The van der Waals surface area contributed by atoms with Crippen LogP contribution in [0, 0.1) is 6.92 Å². The maximum absolute atomic E-state index is 6.12. The number of nitrogens with zero attached hydrogens (tertiary/aromatic N) is 2. The Hall–Kier alpha value is -2.55. The maximum atomic E-state index is 6.12. The second-order valence-corrected chi connectivity index (χ2v) is 7.57. The van der Waals surface area contributed by atoms with Crippen molar-refractivity contribution in [3.63, 3.8) is 0 Å². The topological polar surface area (TPSA) is 27.1 Å². The van der Waals surface area contributed by atoms with Gasteiger partial charge in [0.25, 0.3) is 0 Å². The summed E-state index contributed by atoms with van der Waals surface area (Å²) in [5.74, 6) is 0.963. The van der Waals surface area contributed by atoms with E-state index in [1.807, 2.05) is 11.6 Å². The van der Waals surface area contributed by atoms with E-state index in [1.165, 1.54) is 60.8 Å². The van der Waals surface area contributed by atoms with Gasteiger partial charge in [-0.1, -0.05) is 12.1 Å². The maximum Gasteiger partial charge on any atom is 0.130 e. The zero-order chi connectivity index (χ0) is 17.5. The molecule has 1 heterocycles. The lowest BCUT2D eigenvalue weighted by atomic mass is 10.1. The largest absolute Gasteiger partial charge is 0.487 e. The summed E-state index contributed by atoms with van der Waals surface area (Å²) in [6, 6.07) is 15.4. The average molecular weight is 344 g/mol. The van der Waals surface area contributed by atoms with E-state index in [4.69, 9.17) is 9.84 Å². The van der Waals surface area contributed by atoms with Gasteiger partial charge in [0.2, 0.25) is 0 Å². The molecule has 0 saturated heterocycles. The number of benzene rings is 2. The number of aryl methyl sites for hydroxylation is 5. The molecule has 0 aliphatic heterocycles. The van der Waals surface area contributed by atoms with Crippen LogP contribution < -0.4 is 4.74 Å². The highest BCUT2D eigenvalue weighted by atomic mass is 16.5. The van der Waals surface area contributed by atoms with Crippen LogP contribution in [0.3, 0.4) is 0 Å². The van der Waals surface area contributed by atoms with Crippen LogP contribution in [0.15, 0.2) is 42.5 Å². The van der Waals surface area contributed by atoms with Crippen LogP contribution in [0.4, 0.5) is 0 Å². The molecule has 0 unspecified atom stereocenters. The van der Waals surface area contributed by atoms with Gasteiger partial charge in [0.05, 0.1) is 17.1 Å². The van der Waals surface area contributed by atoms with Crippen molar-refractivity contribution in [1.82, 2.24) is 9.78 Å². The van der Waals surface area contributed by atoms with Crippen molar-refractivity contribution in [1.29, 1.82) is 0 Å². The van der Waals surface area contributed by atoms with Gasteiger partial charge in [-0.25, -0.2) is 4.68 Å². The number of rotatable bonds is 4. The molecule has 0 radical (unpaired) electrons. The van der Waals surface area contributed by atoms with Crippen molar-refractivity contribution in [2.75, 3.05) is 0 Å². The summed E-state index contributed by atoms with van der Waals surface area (Å²) in [5, 5.41) is 4.71. The average Bonchev–Trinajstić information content (AvgIpc) is 3.37. The Labute approximate surface area is 154 Å². The van der Waals surface area contributed by atoms with Crippen molar-refractivity contribution in [3.8, 4) is 11.4 Å². The van der Waals surface area contributed by atoms with Gasteiger partial charge in [-0.3, -0.25) is 0 Å². The van der Waals surface area contributed by atoms with Crippen LogP contribution in [-0.4, -0.2) is 9.78 Å². The first-order valence-corrected chi connectivity index (χ1v) is 9.68. The van der Waals surface area contributed by atoms with E-state index < -0.39 is 0 Å². The van der Waals surface area contributed by atoms with E-state index in [2.05, 4.69) is 42.5 Å². The highest BCUT2D eigenvalue weighted by molar-refractivity contribution is 5.43. The smallest absolute Gasteiger partial charge is 0.130 e. The van der Waals surface area contributed by atoms with E-state index in [-0.39, 0.29) is 0 Å². The predicted octanol–water partition coefficient (Wildman–Crippen LogP) is 4.74.